The van der Waals surface area contributed by atoms with E-state index < -0.39 is 12.2 Å². The molecule has 46 heavy (non-hydrogen) atoms. The molecule has 1 fully saturated rings. The zero-order valence-corrected chi connectivity index (χ0v) is 26.3. The third-order valence-electron chi connectivity index (χ3n) is 7.76. The van der Waals surface area contributed by atoms with E-state index >= 15 is 0 Å². The Balaban J connectivity index is 1.26. The van der Waals surface area contributed by atoms with Crippen molar-refractivity contribution in [2.24, 2.45) is 0 Å². The van der Waals surface area contributed by atoms with Gasteiger partial charge < -0.3 is 19.9 Å². The predicted octanol–water partition coefficient (Wildman–Crippen LogP) is 6.26. The lowest BCUT2D eigenvalue weighted by atomic mass is 9.99. The number of hydrogen-bond donors (Lipinski definition) is 4. The van der Waals surface area contributed by atoms with Gasteiger partial charge in [-0.2, -0.15) is 0 Å². The summed E-state index contributed by atoms with van der Waals surface area (Å²) in [5, 5.41) is 22.0. The van der Waals surface area contributed by atoms with Crippen LogP contribution in [0.1, 0.15) is 66.8 Å². The summed E-state index contributed by atoms with van der Waals surface area (Å²) in [5.41, 5.74) is 7.40. The molecule has 5 rings (SSSR count). The number of aliphatic hydroxyl groups is 1. The number of aliphatic hydroxyl groups excluding tert-OH is 1. The second-order valence-corrected chi connectivity index (χ2v) is 12.2. The number of carbonyl (C=O) groups is 2. The minimum absolute atomic E-state index is 0.00532. The van der Waals surface area contributed by atoms with Crippen LogP contribution in [-0.4, -0.2) is 39.0 Å². The number of hydroxylamine groups is 1. The third kappa shape index (κ3) is 9.72. The van der Waals surface area contributed by atoms with Gasteiger partial charge in [0.05, 0.1) is 23.8 Å². The summed E-state index contributed by atoms with van der Waals surface area (Å²) in [7, 11) is 0. The summed E-state index contributed by atoms with van der Waals surface area (Å²) in [5.74, 6) is 0.198. The van der Waals surface area contributed by atoms with Crippen LogP contribution in [0.5, 0.6) is 0 Å². The third-order valence-corrected chi connectivity index (χ3v) is 8.84. The minimum Gasteiger partial charge on any atom is -0.392 e. The fourth-order valence-electron chi connectivity index (χ4n) is 5.28. The number of pyridine rings is 1. The summed E-state index contributed by atoms with van der Waals surface area (Å²) in [6.07, 6.45) is 3.26. The molecule has 0 radical (unpaired) electrons. The number of thioether (sulfide) groups is 1. The molecule has 9 nitrogen and oxygen atoms in total. The Morgan fingerprint density at radius 1 is 0.826 bits per heavy atom. The van der Waals surface area contributed by atoms with Crippen molar-refractivity contribution in [1.29, 1.82) is 0 Å². The Morgan fingerprint density at radius 2 is 1.59 bits per heavy atom. The topological polar surface area (TPSA) is 130 Å². The molecular formula is C36H39N3O6S. The summed E-state index contributed by atoms with van der Waals surface area (Å²) < 4.78 is 13.1. The maximum atomic E-state index is 12.3. The first-order valence-electron chi connectivity index (χ1n) is 15.4. The van der Waals surface area contributed by atoms with Crippen LogP contribution in [0, 0.1) is 0 Å². The molecule has 1 saturated heterocycles. The summed E-state index contributed by atoms with van der Waals surface area (Å²) in [6.45, 7) is 0.388. The molecule has 1 aromatic heterocycles. The first-order valence-corrected chi connectivity index (χ1v) is 16.4. The average molecular weight is 642 g/mol. The number of hydrogen-bond acceptors (Lipinski definition) is 8. The van der Waals surface area contributed by atoms with E-state index in [2.05, 4.69) is 22.4 Å². The normalized spacial score (nSPS) is 17.7. The van der Waals surface area contributed by atoms with Crippen molar-refractivity contribution < 1.29 is 29.4 Å². The van der Waals surface area contributed by atoms with Gasteiger partial charge in [-0.3, -0.25) is 14.8 Å². The molecule has 10 heteroatoms. The van der Waals surface area contributed by atoms with Gasteiger partial charge in [0.15, 0.2) is 6.29 Å². The van der Waals surface area contributed by atoms with E-state index in [0.717, 1.165) is 44.2 Å². The Kier molecular flexibility index (Phi) is 12.3. The van der Waals surface area contributed by atoms with Crippen molar-refractivity contribution in [2.45, 2.75) is 68.8 Å². The van der Waals surface area contributed by atoms with E-state index in [-0.39, 0.29) is 31.1 Å². The van der Waals surface area contributed by atoms with Gasteiger partial charge in [-0.1, -0.05) is 66.7 Å². The van der Waals surface area contributed by atoms with E-state index in [0.29, 0.717) is 32.2 Å². The molecule has 240 valence electrons. The Hall–Kier alpha value is -4.06. The zero-order valence-electron chi connectivity index (χ0n) is 25.5. The fraction of sp³-hybridized carbons (Fsp3) is 0.306. The minimum atomic E-state index is -0.573. The molecule has 0 bridgehead atoms. The van der Waals surface area contributed by atoms with E-state index in [4.69, 9.17) is 14.7 Å². The van der Waals surface area contributed by atoms with Gasteiger partial charge in [0.25, 0.3) is 0 Å². The van der Waals surface area contributed by atoms with E-state index in [1.165, 1.54) is 0 Å². The van der Waals surface area contributed by atoms with E-state index in [1.54, 1.807) is 23.4 Å². The number of benzene rings is 3. The van der Waals surface area contributed by atoms with Crippen molar-refractivity contribution in [3.8, 4) is 11.1 Å². The van der Waals surface area contributed by atoms with Crippen molar-refractivity contribution in [1.82, 2.24) is 15.8 Å². The van der Waals surface area contributed by atoms with Gasteiger partial charge >= 0.3 is 0 Å². The highest BCUT2D eigenvalue weighted by Gasteiger charge is 2.32. The number of nitrogens with zero attached hydrogens (tertiary/aromatic N) is 1. The first-order chi connectivity index (χ1) is 22.5. The Bertz CT molecular complexity index is 1570. The summed E-state index contributed by atoms with van der Waals surface area (Å²) >= 11 is 1.66. The van der Waals surface area contributed by atoms with Gasteiger partial charge in [-0.05, 0) is 64.9 Å². The molecule has 0 spiro atoms. The molecule has 2 amide bonds. The number of unbranched alkanes of at least 4 members (excludes halogenated alkanes) is 1. The monoisotopic (exact) mass is 641 g/mol. The number of ether oxygens (including phenoxy) is 2. The number of aromatic nitrogens is 1. The van der Waals surface area contributed by atoms with E-state index in [9.17, 15) is 14.7 Å². The lowest BCUT2D eigenvalue weighted by molar-refractivity contribution is -0.245. The second-order valence-electron chi connectivity index (χ2n) is 11.2. The molecule has 4 N–H and O–H groups in total. The lowest BCUT2D eigenvalue weighted by Crippen LogP contribution is -2.31. The van der Waals surface area contributed by atoms with Gasteiger partial charge in [0.1, 0.15) is 0 Å². The summed E-state index contributed by atoms with van der Waals surface area (Å²) in [6, 6.07) is 30.0. The molecule has 0 aliphatic carbocycles. The lowest BCUT2D eigenvalue weighted by Gasteiger charge is -2.36. The number of amides is 2. The van der Waals surface area contributed by atoms with Crippen molar-refractivity contribution in [2.75, 3.05) is 5.75 Å². The average Bonchev–Trinajstić information content (AvgIpc) is 3.12. The predicted molar refractivity (Wildman–Crippen MR) is 176 cm³/mol. The molecule has 3 aromatic carbocycles. The molecule has 2 heterocycles. The second kappa shape index (κ2) is 17.0. The van der Waals surface area contributed by atoms with Crippen LogP contribution in [0.3, 0.4) is 0 Å². The molecule has 3 atom stereocenters. The Labute approximate surface area is 273 Å². The molecule has 0 saturated carbocycles. The first kappa shape index (κ1) is 33.3. The molecule has 1 aliphatic heterocycles. The fourth-order valence-corrected chi connectivity index (χ4v) is 6.16. The SMILES string of the molecule is O=C(CCCCC(=O)NCc1cccc(-c2cccc([C@@H]3O[C@H](CSc4ccccn4)C[C@H](c4ccc(CO)cc4)O3)c2)c1)NO. The van der Waals surface area contributed by atoms with Crippen LogP contribution in [0.2, 0.25) is 0 Å². The van der Waals surface area contributed by atoms with Crippen LogP contribution >= 0.6 is 11.8 Å². The Morgan fingerprint density at radius 3 is 2.33 bits per heavy atom. The van der Waals surface area contributed by atoms with Crippen molar-refractivity contribution >= 4 is 23.6 Å². The highest BCUT2D eigenvalue weighted by atomic mass is 32.2. The maximum absolute atomic E-state index is 12.3. The molecule has 4 aromatic rings. The number of nitrogens with one attached hydrogen (secondary N) is 2. The highest BCUT2D eigenvalue weighted by Crippen LogP contribution is 2.40. The van der Waals surface area contributed by atoms with Crippen molar-refractivity contribution in [3.05, 3.63) is 119 Å². The largest absolute Gasteiger partial charge is 0.392 e. The van der Waals surface area contributed by atoms with Gasteiger partial charge in [0.2, 0.25) is 11.8 Å². The molecular weight excluding hydrogens is 602 g/mol. The van der Waals surface area contributed by atoms with Gasteiger partial charge in [-0.15, -0.1) is 11.8 Å². The van der Waals surface area contributed by atoms with Crippen LogP contribution < -0.4 is 10.8 Å². The maximum Gasteiger partial charge on any atom is 0.243 e. The smallest absolute Gasteiger partial charge is 0.243 e. The van der Waals surface area contributed by atoms with Crippen LogP contribution in [0.25, 0.3) is 11.1 Å². The number of carbonyl (C=O) groups excluding carboxylic acids is 2. The van der Waals surface area contributed by atoms with Crippen LogP contribution in [0.15, 0.2) is 102 Å². The van der Waals surface area contributed by atoms with Gasteiger partial charge in [0, 0.05) is 43.3 Å². The van der Waals surface area contributed by atoms with E-state index in [1.807, 2.05) is 78.9 Å². The standard InChI is InChI=1S/C36H39N3O6S/c40-23-25-14-16-27(17-15-25)32-21-31(24-46-35-13-3-4-18-37-35)44-36(45-32)30-10-6-9-29(20-30)28-8-5-7-26(19-28)22-38-33(41)11-1-2-12-34(42)39-43/h3-10,13-20,31-32,36,40,43H,1-2,11-12,21-24H2,(H,38,41)(H,39,42)/t31-,32+,36+/m0/s1. The quantitative estimate of drug-likeness (QED) is 0.0550. The van der Waals surface area contributed by atoms with Gasteiger partial charge in [-0.25, -0.2) is 10.5 Å². The molecule has 0 unspecified atom stereocenters. The van der Waals surface area contributed by atoms with Crippen LogP contribution in [0.4, 0.5) is 0 Å². The highest BCUT2D eigenvalue weighted by molar-refractivity contribution is 7.99. The zero-order chi connectivity index (χ0) is 32.1. The number of rotatable bonds is 14. The van der Waals surface area contributed by atoms with Crippen LogP contribution in [-0.2, 0) is 32.2 Å². The van der Waals surface area contributed by atoms with Crippen molar-refractivity contribution in [3.63, 3.8) is 0 Å². The summed E-state index contributed by atoms with van der Waals surface area (Å²) in [4.78, 5) is 27.9. The molecule has 1 aliphatic rings.